The summed E-state index contributed by atoms with van der Waals surface area (Å²) in [5, 5.41) is 28.0. The Balaban J connectivity index is 0.000000163. The Morgan fingerprint density at radius 2 is 1.22 bits per heavy atom. The van der Waals surface area contributed by atoms with Gasteiger partial charge >= 0.3 is 5.97 Å². The molecule has 10 rings (SSSR count). The van der Waals surface area contributed by atoms with Crippen molar-refractivity contribution in [2.24, 2.45) is 0 Å². The molecule has 0 saturated carbocycles. The van der Waals surface area contributed by atoms with Gasteiger partial charge in [-0.05, 0) is 70.1 Å². The number of hydrogen-bond acceptors (Lipinski definition) is 12. The predicted molar refractivity (Wildman–Crippen MR) is 236 cm³/mol. The molecule has 16 heteroatoms. The number of hydrogen-bond donors (Lipinski definition) is 3. The zero-order valence-electron chi connectivity index (χ0n) is 33.9. The third kappa shape index (κ3) is 7.47. The molecule has 2 fully saturated rings. The van der Waals surface area contributed by atoms with Crippen LogP contribution in [0, 0.1) is 27.7 Å². The lowest BCUT2D eigenvalue weighted by molar-refractivity contribution is 0.0108. The number of aromatic amines is 2. The van der Waals surface area contributed by atoms with Crippen molar-refractivity contribution < 1.29 is 14.7 Å². The van der Waals surface area contributed by atoms with Gasteiger partial charge < -0.3 is 14.9 Å². The number of H-pyrrole nitrogens is 2. The molecular weight excluding hydrogens is 795 g/mol. The summed E-state index contributed by atoms with van der Waals surface area (Å²) in [5.74, 6) is -1.06. The first-order chi connectivity index (χ1) is 29.0. The highest BCUT2D eigenvalue weighted by atomic mass is 32.1. The Kier molecular flexibility index (Phi) is 10.5. The first-order valence-electron chi connectivity index (χ1n) is 19.7. The quantitative estimate of drug-likeness (QED) is 0.145. The van der Waals surface area contributed by atoms with Gasteiger partial charge in [0.15, 0.2) is 5.69 Å². The summed E-state index contributed by atoms with van der Waals surface area (Å²) in [6.45, 7) is 14.0. The number of aromatic nitrogens is 8. The number of piperazine rings is 1. The van der Waals surface area contributed by atoms with Crippen LogP contribution in [-0.2, 0) is 0 Å². The molecule has 6 aromatic heterocycles. The largest absolute Gasteiger partial charge is 0.476 e. The summed E-state index contributed by atoms with van der Waals surface area (Å²) in [7, 11) is 2.17. The van der Waals surface area contributed by atoms with E-state index in [4.69, 9.17) is 4.98 Å². The summed E-state index contributed by atoms with van der Waals surface area (Å²) in [4.78, 5) is 51.2. The molecule has 8 aromatic rings. The van der Waals surface area contributed by atoms with Crippen molar-refractivity contribution in [1.29, 1.82) is 0 Å². The maximum absolute atomic E-state index is 13.7. The van der Waals surface area contributed by atoms with Crippen LogP contribution in [0.1, 0.15) is 43.2 Å². The van der Waals surface area contributed by atoms with Crippen molar-refractivity contribution >= 4 is 56.4 Å². The van der Waals surface area contributed by atoms with E-state index >= 15 is 0 Å². The number of aryl methyl sites for hydroxylation is 4. The third-order valence-corrected chi connectivity index (χ3v) is 13.4. The Morgan fingerprint density at radius 3 is 1.70 bits per heavy atom. The van der Waals surface area contributed by atoms with E-state index in [0.29, 0.717) is 21.6 Å². The molecule has 1 amide bonds. The number of thiazole rings is 2. The zero-order chi connectivity index (χ0) is 41.7. The molecule has 60 heavy (non-hydrogen) atoms. The summed E-state index contributed by atoms with van der Waals surface area (Å²) in [6, 6.07) is 16.3. The fourth-order valence-electron chi connectivity index (χ4n) is 7.99. The zero-order valence-corrected chi connectivity index (χ0v) is 35.5. The number of rotatable bonds is 7. The van der Waals surface area contributed by atoms with Crippen LogP contribution < -0.4 is 0 Å². The number of amides is 1. The van der Waals surface area contributed by atoms with Gasteiger partial charge in [-0.1, -0.05) is 35.4 Å². The third-order valence-electron chi connectivity index (χ3n) is 11.1. The topological polar surface area (TPSA) is 173 Å². The molecule has 304 valence electrons. The van der Waals surface area contributed by atoms with Crippen LogP contribution in [0.4, 0.5) is 0 Å². The number of aromatic carboxylic acids is 1. The summed E-state index contributed by atoms with van der Waals surface area (Å²) in [5.41, 5.74) is 10.1. The smallest absolute Gasteiger partial charge is 0.356 e. The second-order valence-corrected chi connectivity index (χ2v) is 17.5. The van der Waals surface area contributed by atoms with E-state index < -0.39 is 5.97 Å². The number of carbonyl (C=O) groups is 2. The van der Waals surface area contributed by atoms with Crippen molar-refractivity contribution in [3.05, 3.63) is 107 Å². The highest BCUT2D eigenvalue weighted by Crippen LogP contribution is 2.40. The number of fused-ring (bicyclic) bond motifs is 2. The van der Waals surface area contributed by atoms with Gasteiger partial charge in [0, 0.05) is 92.0 Å². The Labute approximate surface area is 354 Å². The minimum absolute atomic E-state index is 0.00656. The molecule has 0 spiro atoms. The van der Waals surface area contributed by atoms with Crippen molar-refractivity contribution in [3.63, 3.8) is 0 Å². The fourth-order valence-corrected chi connectivity index (χ4v) is 10.1. The van der Waals surface area contributed by atoms with Crippen molar-refractivity contribution in [3.8, 4) is 42.3 Å². The average Bonchev–Trinajstić information content (AvgIpc) is 4.04. The van der Waals surface area contributed by atoms with E-state index in [1.807, 2.05) is 43.0 Å². The predicted octanol–water partition coefficient (Wildman–Crippen LogP) is 7.50. The number of carbonyl (C=O) groups excluding carboxylic acids is 1. The molecule has 0 radical (unpaired) electrons. The SMILES string of the molecule is Cc1cc(C)c2n[nH]c(-c3nc(C(=O)N4CC(N5CCN(C)CC5)C4)c(-c4cccnc4)s3)c2c1.Cc1cc(C)c2n[nH]c(-c3nc(C(=O)O)c(-c4cccnc4)s3)c2c1. The summed E-state index contributed by atoms with van der Waals surface area (Å²) < 4.78 is 0. The number of nitrogens with zero attached hydrogens (tertiary/aromatic N) is 9. The van der Waals surface area contributed by atoms with Gasteiger partial charge in [0.2, 0.25) is 0 Å². The van der Waals surface area contributed by atoms with E-state index in [9.17, 15) is 14.7 Å². The molecule has 2 saturated heterocycles. The molecular formula is C44H43N11O3S2. The summed E-state index contributed by atoms with van der Waals surface area (Å²) >= 11 is 2.84. The highest BCUT2D eigenvalue weighted by molar-refractivity contribution is 7.19. The Bertz CT molecular complexity index is 2870. The number of benzene rings is 2. The minimum Gasteiger partial charge on any atom is -0.476 e. The standard InChI is InChI=1S/C26H29N7OS.C18H14N4O2S/c1-16-11-17(2)21-20(12-16)22(30-29-21)25-28-23(24(35-25)18-5-4-6-27-13-18)26(34)33-14-19(15-33)32-9-7-31(3)8-10-32;1-9-6-10(2)13-12(7-9)14(22-21-13)17-20-15(18(23)24)16(25-17)11-4-3-5-19-8-11/h4-6,11-13,19H,7-10,14-15H2,1-3H3,(H,29,30);3-8H,1-2H3,(H,21,22)(H,23,24). The molecule has 8 heterocycles. The maximum atomic E-state index is 13.7. The van der Waals surface area contributed by atoms with Crippen LogP contribution in [0.3, 0.4) is 0 Å². The van der Waals surface area contributed by atoms with E-state index in [-0.39, 0.29) is 11.6 Å². The number of pyridine rings is 2. The molecule has 2 aromatic carbocycles. The fraction of sp³-hybridized carbons (Fsp3) is 0.273. The number of carboxylic acids is 1. The van der Waals surface area contributed by atoms with Crippen LogP contribution in [0.15, 0.2) is 73.3 Å². The average molecular weight is 838 g/mol. The van der Waals surface area contributed by atoms with Crippen molar-refractivity contribution in [2.45, 2.75) is 33.7 Å². The number of likely N-dealkylation sites (N-methyl/N-ethyl adjacent to an activating group) is 1. The Hall–Kier alpha value is -6.20. The lowest BCUT2D eigenvalue weighted by Gasteiger charge is -2.47. The molecule has 2 aliphatic heterocycles. The van der Waals surface area contributed by atoms with Crippen LogP contribution in [0.25, 0.3) is 64.1 Å². The number of likely N-dealkylation sites (tertiary alicyclic amines) is 1. The van der Waals surface area contributed by atoms with Crippen LogP contribution in [-0.4, -0.2) is 124 Å². The van der Waals surface area contributed by atoms with E-state index in [1.54, 1.807) is 30.9 Å². The minimum atomic E-state index is -1.06. The first kappa shape index (κ1) is 39.3. The maximum Gasteiger partial charge on any atom is 0.356 e. The molecule has 3 N–H and O–H groups in total. The highest BCUT2D eigenvalue weighted by Gasteiger charge is 2.38. The molecule has 0 aliphatic carbocycles. The van der Waals surface area contributed by atoms with Crippen LogP contribution in [0.2, 0.25) is 0 Å². The molecule has 0 unspecified atom stereocenters. The van der Waals surface area contributed by atoms with Gasteiger partial charge in [-0.15, -0.1) is 22.7 Å². The normalized spacial score (nSPS) is 15.0. The second-order valence-electron chi connectivity index (χ2n) is 15.5. The lowest BCUT2D eigenvalue weighted by atomic mass is 10.0. The van der Waals surface area contributed by atoms with Crippen molar-refractivity contribution in [1.82, 2.24) is 55.0 Å². The Morgan fingerprint density at radius 1 is 0.717 bits per heavy atom. The molecule has 2 aliphatic rings. The van der Waals surface area contributed by atoms with Crippen molar-refractivity contribution in [2.75, 3.05) is 46.3 Å². The molecule has 14 nitrogen and oxygen atoms in total. The van der Waals surface area contributed by atoms with Gasteiger partial charge in [-0.3, -0.25) is 29.9 Å². The van der Waals surface area contributed by atoms with Gasteiger partial charge in [0.25, 0.3) is 5.91 Å². The molecule has 0 atom stereocenters. The monoisotopic (exact) mass is 837 g/mol. The van der Waals surface area contributed by atoms with Gasteiger partial charge in [-0.25, -0.2) is 14.8 Å². The lowest BCUT2D eigenvalue weighted by Crippen LogP contribution is -2.64. The first-order valence-corrected chi connectivity index (χ1v) is 21.3. The number of carboxylic acid groups (broad SMARTS) is 1. The summed E-state index contributed by atoms with van der Waals surface area (Å²) in [6.07, 6.45) is 6.84. The van der Waals surface area contributed by atoms with E-state index in [0.717, 1.165) is 110 Å². The molecule has 0 bridgehead atoms. The van der Waals surface area contributed by atoms with Gasteiger partial charge in [-0.2, -0.15) is 10.2 Å². The van der Waals surface area contributed by atoms with Gasteiger partial charge in [0.1, 0.15) is 27.1 Å². The second kappa shape index (κ2) is 16.1. The van der Waals surface area contributed by atoms with Crippen LogP contribution >= 0.6 is 22.7 Å². The van der Waals surface area contributed by atoms with E-state index in [1.165, 1.54) is 28.2 Å². The number of nitrogens with one attached hydrogen (secondary N) is 2. The van der Waals surface area contributed by atoms with Gasteiger partial charge in [0.05, 0.1) is 20.8 Å². The van der Waals surface area contributed by atoms with E-state index in [2.05, 4.69) is 84.2 Å². The van der Waals surface area contributed by atoms with Crippen LogP contribution in [0.5, 0.6) is 0 Å².